The molecule has 1 rings (SSSR count). The smallest absolute Gasteiger partial charge is 0.216 e. The lowest BCUT2D eigenvalue weighted by atomic mass is 10.1. The minimum Gasteiger partial charge on any atom is -0.481 e. The number of Topliss-reactive ketones (excluding diaryl/α,β-unsaturated/α-hetero) is 1. The maximum atomic E-state index is 11.0. The molecule has 0 N–H and O–H groups in total. The fourth-order valence-corrected chi connectivity index (χ4v) is 0.861. The van der Waals surface area contributed by atoms with E-state index in [2.05, 4.69) is 9.97 Å². The van der Waals surface area contributed by atoms with Gasteiger partial charge in [0, 0.05) is 12.3 Å². The highest BCUT2D eigenvalue weighted by Crippen LogP contribution is 2.13. The molecule has 1 heterocycles. The Morgan fingerprint density at radius 1 is 1.62 bits per heavy atom. The van der Waals surface area contributed by atoms with Crippen LogP contribution >= 0.6 is 0 Å². The van der Waals surface area contributed by atoms with Crippen molar-refractivity contribution >= 4 is 5.78 Å². The van der Waals surface area contributed by atoms with Crippen molar-refractivity contribution in [2.45, 2.75) is 19.8 Å². The van der Waals surface area contributed by atoms with Crippen LogP contribution in [-0.2, 0) is 4.79 Å². The summed E-state index contributed by atoms with van der Waals surface area (Å²) >= 11 is 0. The van der Waals surface area contributed by atoms with Crippen LogP contribution in [0, 0.1) is 0 Å². The molecule has 0 radical (unpaired) electrons. The van der Waals surface area contributed by atoms with E-state index in [1.165, 1.54) is 14.0 Å². The Hall–Kier alpha value is -1.45. The monoisotopic (exact) mass is 180 g/mol. The van der Waals surface area contributed by atoms with Crippen LogP contribution in [0.3, 0.4) is 0 Å². The molecule has 1 aromatic heterocycles. The summed E-state index contributed by atoms with van der Waals surface area (Å²) in [7, 11) is 1.53. The van der Waals surface area contributed by atoms with Crippen LogP contribution in [0.2, 0.25) is 0 Å². The van der Waals surface area contributed by atoms with E-state index in [1.54, 1.807) is 19.2 Å². The topological polar surface area (TPSA) is 52.1 Å². The normalized spacial score (nSPS) is 12.2. The van der Waals surface area contributed by atoms with E-state index < -0.39 is 0 Å². The van der Waals surface area contributed by atoms with E-state index in [4.69, 9.17) is 4.74 Å². The first kappa shape index (κ1) is 9.64. The van der Waals surface area contributed by atoms with Gasteiger partial charge in [-0.1, -0.05) is 0 Å². The summed E-state index contributed by atoms with van der Waals surface area (Å²) in [5.41, 5.74) is 0. The summed E-state index contributed by atoms with van der Waals surface area (Å²) in [4.78, 5) is 19.1. The molecule has 4 heteroatoms. The number of rotatable bonds is 3. The Bertz CT molecular complexity index is 312. The predicted molar refractivity (Wildman–Crippen MR) is 47.7 cm³/mol. The summed E-state index contributed by atoms with van der Waals surface area (Å²) in [6, 6.07) is 1.65. The molecule has 0 fully saturated rings. The van der Waals surface area contributed by atoms with Crippen LogP contribution in [0.1, 0.15) is 25.6 Å². The maximum absolute atomic E-state index is 11.0. The van der Waals surface area contributed by atoms with Crippen molar-refractivity contribution in [2.75, 3.05) is 7.11 Å². The molecule has 1 atom stereocenters. The van der Waals surface area contributed by atoms with Crippen molar-refractivity contribution in [3.63, 3.8) is 0 Å². The first-order valence-corrected chi connectivity index (χ1v) is 4.02. The second-order valence-electron chi connectivity index (χ2n) is 2.79. The van der Waals surface area contributed by atoms with Crippen LogP contribution < -0.4 is 4.74 Å². The van der Waals surface area contributed by atoms with Gasteiger partial charge in [-0.15, -0.1) is 0 Å². The Labute approximate surface area is 77.0 Å². The van der Waals surface area contributed by atoms with Crippen LogP contribution in [0.15, 0.2) is 12.3 Å². The van der Waals surface area contributed by atoms with Gasteiger partial charge in [-0.2, -0.15) is 4.98 Å². The summed E-state index contributed by atoms with van der Waals surface area (Å²) in [6.07, 6.45) is 1.58. The Balaban J connectivity index is 2.94. The third kappa shape index (κ3) is 2.24. The van der Waals surface area contributed by atoms with Gasteiger partial charge in [0.25, 0.3) is 0 Å². The lowest BCUT2D eigenvalue weighted by Crippen LogP contribution is -2.09. The molecule has 0 aliphatic carbocycles. The number of nitrogens with zero attached hydrogens (tertiary/aromatic N) is 2. The maximum Gasteiger partial charge on any atom is 0.216 e. The number of hydrogen-bond acceptors (Lipinski definition) is 4. The third-order valence-corrected chi connectivity index (χ3v) is 1.85. The quantitative estimate of drug-likeness (QED) is 0.700. The number of carbonyl (C=O) groups excluding carboxylic acids is 1. The van der Waals surface area contributed by atoms with E-state index in [0.29, 0.717) is 11.7 Å². The van der Waals surface area contributed by atoms with Crippen molar-refractivity contribution in [3.05, 3.63) is 18.1 Å². The van der Waals surface area contributed by atoms with Crippen LogP contribution in [0.5, 0.6) is 5.88 Å². The second kappa shape index (κ2) is 3.98. The molecule has 0 spiro atoms. The molecule has 13 heavy (non-hydrogen) atoms. The lowest BCUT2D eigenvalue weighted by molar-refractivity contribution is -0.118. The molecule has 4 nitrogen and oxygen atoms in total. The minimum absolute atomic E-state index is 0.0493. The molecule has 70 valence electrons. The SMILES string of the molecule is COc1ccnc(C(C)C(C)=O)n1. The van der Waals surface area contributed by atoms with Crippen LogP contribution in [-0.4, -0.2) is 22.9 Å². The van der Waals surface area contributed by atoms with Crippen molar-refractivity contribution in [3.8, 4) is 5.88 Å². The lowest BCUT2D eigenvalue weighted by Gasteiger charge is -2.06. The molecule has 0 bridgehead atoms. The zero-order valence-corrected chi connectivity index (χ0v) is 7.94. The fourth-order valence-electron chi connectivity index (χ4n) is 0.861. The van der Waals surface area contributed by atoms with E-state index in [9.17, 15) is 4.79 Å². The van der Waals surface area contributed by atoms with Gasteiger partial charge in [-0.05, 0) is 13.8 Å². The minimum atomic E-state index is -0.268. The molecule has 0 saturated carbocycles. The van der Waals surface area contributed by atoms with Crippen molar-refractivity contribution in [1.82, 2.24) is 9.97 Å². The third-order valence-electron chi connectivity index (χ3n) is 1.85. The van der Waals surface area contributed by atoms with Gasteiger partial charge in [0.05, 0.1) is 13.0 Å². The predicted octanol–water partition coefficient (Wildman–Crippen LogP) is 1.18. The number of hydrogen-bond donors (Lipinski definition) is 0. The van der Waals surface area contributed by atoms with E-state index in [1.807, 2.05) is 0 Å². The van der Waals surface area contributed by atoms with Gasteiger partial charge in [-0.3, -0.25) is 4.79 Å². The van der Waals surface area contributed by atoms with Crippen LogP contribution in [0.25, 0.3) is 0 Å². The Morgan fingerprint density at radius 2 is 2.31 bits per heavy atom. The molecule has 1 aromatic rings. The number of carbonyl (C=O) groups is 1. The standard InChI is InChI=1S/C9H12N2O2/c1-6(7(2)12)9-10-5-4-8(11-9)13-3/h4-6H,1-3H3. The summed E-state index contributed by atoms with van der Waals surface area (Å²) in [5.74, 6) is 0.772. The van der Waals surface area contributed by atoms with Gasteiger partial charge in [0.1, 0.15) is 11.6 Å². The number of methoxy groups -OCH3 is 1. The Kier molecular flexibility index (Phi) is 2.95. The van der Waals surface area contributed by atoms with E-state index in [0.717, 1.165) is 0 Å². The van der Waals surface area contributed by atoms with Crippen LogP contribution in [0.4, 0.5) is 0 Å². The Morgan fingerprint density at radius 3 is 2.85 bits per heavy atom. The van der Waals surface area contributed by atoms with Gasteiger partial charge in [0.15, 0.2) is 0 Å². The van der Waals surface area contributed by atoms with Gasteiger partial charge in [-0.25, -0.2) is 4.98 Å². The van der Waals surface area contributed by atoms with E-state index >= 15 is 0 Å². The number of ether oxygens (including phenoxy) is 1. The van der Waals surface area contributed by atoms with Crippen molar-refractivity contribution in [2.24, 2.45) is 0 Å². The first-order chi connectivity index (χ1) is 6.15. The molecule has 0 aliphatic heterocycles. The molecule has 0 aromatic carbocycles. The number of aromatic nitrogens is 2. The average molecular weight is 180 g/mol. The van der Waals surface area contributed by atoms with E-state index in [-0.39, 0.29) is 11.7 Å². The molecule has 0 saturated heterocycles. The number of ketones is 1. The highest BCUT2D eigenvalue weighted by Gasteiger charge is 2.13. The van der Waals surface area contributed by atoms with Gasteiger partial charge >= 0.3 is 0 Å². The largest absolute Gasteiger partial charge is 0.481 e. The summed E-state index contributed by atoms with van der Waals surface area (Å²) in [6.45, 7) is 3.30. The zero-order valence-electron chi connectivity index (χ0n) is 7.94. The highest BCUT2D eigenvalue weighted by atomic mass is 16.5. The molecule has 0 amide bonds. The fraction of sp³-hybridized carbons (Fsp3) is 0.444. The zero-order chi connectivity index (χ0) is 9.84. The molecular formula is C9H12N2O2. The van der Waals surface area contributed by atoms with Gasteiger partial charge in [0.2, 0.25) is 5.88 Å². The molecular weight excluding hydrogens is 168 g/mol. The highest BCUT2D eigenvalue weighted by molar-refractivity contribution is 5.81. The van der Waals surface area contributed by atoms with Crippen molar-refractivity contribution in [1.29, 1.82) is 0 Å². The first-order valence-electron chi connectivity index (χ1n) is 4.02. The second-order valence-corrected chi connectivity index (χ2v) is 2.79. The summed E-state index contributed by atoms with van der Waals surface area (Å²) < 4.78 is 4.92. The van der Waals surface area contributed by atoms with Gasteiger partial charge < -0.3 is 4.74 Å². The summed E-state index contributed by atoms with van der Waals surface area (Å²) in [5, 5.41) is 0. The molecule has 1 unspecified atom stereocenters. The average Bonchev–Trinajstić information content (AvgIpc) is 2.16. The van der Waals surface area contributed by atoms with Crippen molar-refractivity contribution < 1.29 is 9.53 Å². The molecule has 0 aliphatic rings.